The number of nitrogens with one attached hydrogen (secondary N) is 1. The number of anilines is 2. The van der Waals surface area contributed by atoms with Crippen molar-refractivity contribution in [1.82, 2.24) is 9.55 Å². The highest BCUT2D eigenvalue weighted by Crippen LogP contribution is 2.39. The monoisotopic (exact) mass is 460 g/mol. The number of hydrogen-bond acceptors (Lipinski definition) is 3. The molecule has 0 saturated carbocycles. The molecule has 5 rings (SSSR count). The van der Waals surface area contributed by atoms with Gasteiger partial charge >= 0.3 is 0 Å². The predicted octanol–water partition coefficient (Wildman–Crippen LogP) is 3.72. The molecule has 7 heteroatoms. The van der Waals surface area contributed by atoms with Crippen molar-refractivity contribution < 1.29 is 10.1 Å². The van der Waals surface area contributed by atoms with Crippen molar-refractivity contribution >= 4 is 39.9 Å². The van der Waals surface area contributed by atoms with E-state index in [9.17, 15) is 4.79 Å². The molecule has 0 unspecified atom stereocenters. The number of aromatic nitrogens is 2. The first kappa shape index (κ1) is 21.5. The third-order valence-corrected chi connectivity index (χ3v) is 6.47. The van der Waals surface area contributed by atoms with Gasteiger partial charge in [0.1, 0.15) is 11.9 Å². The molecule has 0 spiro atoms. The molecule has 1 amide bonds. The van der Waals surface area contributed by atoms with E-state index in [1.54, 1.807) is 0 Å². The number of carbonyl (C=O) groups is 1. The fourth-order valence-electron chi connectivity index (χ4n) is 4.44. The van der Waals surface area contributed by atoms with Gasteiger partial charge in [-0.05, 0) is 42.0 Å². The lowest BCUT2D eigenvalue weighted by Gasteiger charge is -2.19. The Kier molecular flexibility index (Phi) is 5.79. The van der Waals surface area contributed by atoms with Crippen molar-refractivity contribution in [3.63, 3.8) is 0 Å². The van der Waals surface area contributed by atoms with Crippen LogP contribution in [0.1, 0.15) is 11.6 Å². The standard InChI is InChI=1S/C26H26ClN5O/c1-28-12-13-31(2)19-9-11-21-20(16-19)25-29-22-10-8-18(27)15-23(22)32(25)24(26(33)30-21)14-17-6-4-3-5-7-17/h3-11,15-16,24,28H,12-14H2,1-2H3,(H,30,33)/p+1/t24-/m1/s1. The second-order valence-electron chi connectivity index (χ2n) is 8.48. The van der Waals surface area contributed by atoms with Crippen LogP contribution in [0.5, 0.6) is 0 Å². The molecule has 1 aliphatic heterocycles. The Morgan fingerprint density at radius 2 is 1.94 bits per heavy atom. The van der Waals surface area contributed by atoms with E-state index < -0.39 is 6.04 Å². The summed E-state index contributed by atoms with van der Waals surface area (Å²) in [6.45, 7) is 1.92. The Balaban J connectivity index is 1.69. The molecule has 1 aliphatic rings. The van der Waals surface area contributed by atoms with Crippen molar-refractivity contribution in [1.29, 1.82) is 0 Å². The number of hydrogen-bond donors (Lipinski definition) is 2. The van der Waals surface area contributed by atoms with Crippen molar-refractivity contribution in [2.45, 2.75) is 12.5 Å². The molecule has 33 heavy (non-hydrogen) atoms. The van der Waals surface area contributed by atoms with Crippen LogP contribution in [0.25, 0.3) is 22.4 Å². The van der Waals surface area contributed by atoms with Gasteiger partial charge in [0.15, 0.2) is 0 Å². The molecule has 0 aliphatic carbocycles. The fourth-order valence-corrected chi connectivity index (χ4v) is 4.61. The average Bonchev–Trinajstić information content (AvgIpc) is 3.14. The Labute approximate surface area is 198 Å². The number of halogens is 1. The van der Waals surface area contributed by atoms with Gasteiger partial charge in [-0.25, -0.2) is 4.98 Å². The highest BCUT2D eigenvalue weighted by molar-refractivity contribution is 6.31. The van der Waals surface area contributed by atoms with Crippen LogP contribution in [0.4, 0.5) is 11.4 Å². The lowest BCUT2D eigenvalue weighted by atomic mass is 10.0. The highest BCUT2D eigenvalue weighted by Gasteiger charge is 2.31. The molecule has 3 aromatic carbocycles. The van der Waals surface area contributed by atoms with Crippen LogP contribution < -0.4 is 15.5 Å². The van der Waals surface area contributed by atoms with E-state index in [2.05, 4.69) is 58.5 Å². The molecular formula is C26H27ClN5O+. The SMILES string of the molecule is C[NH2+]CCN(C)c1ccc2c(c1)-c1nc3ccc(Cl)cc3n1[C@H](Cc1ccccc1)C(=O)N2. The van der Waals surface area contributed by atoms with E-state index in [1.807, 2.05) is 42.5 Å². The van der Waals surface area contributed by atoms with Crippen LogP contribution in [-0.2, 0) is 11.2 Å². The maximum Gasteiger partial charge on any atom is 0.247 e. The lowest BCUT2D eigenvalue weighted by Crippen LogP contribution is -2.81. The van der Waals surface area contributed by atoms with E-state index in [0.717, 1.165) is 52.4 Å². The van der Waals surface area contributed by atoms with Gasteiger partial charge in [-0.15, -0.1) is 0 Å². The van der Waals surface area contributed by atoms with Gasteiger partial charge in [0, 0.05) is 29.7 Å². The first-order chi connectivity index (χ1) is 16.0. The number of quaternary nitrogens is 1. The first-order valence-electron chi connectivity index (χ1n) is 11.2. The van der Waals surface area contributed by atoms with Gasteiger partial charge in [-0.3, -0.25) is 4.79 Å². The summed E-state index contributed by atoms with van der Waals surface area (Å²) in [5.41, 5.74) is 5.55. The zero-order chi connectivity index (χ0) is 22.9. The number of rotatable bonds is 6. The van der Waals surface area contributed by atoms with Gasteiger partial charge in [-0.2, -0.15) is 0 Å². The number of likely N-dealkylation sites (N-methyl/N-ethyl adjacent to an activating group) is 2. The molecule has 0 radical (unpaired) electrons. The molecule has 4 aromatic rings. The summed E-state index contributed by atoms with van der Waals surface area (Å²) in [5.74, 6) is 0.721. The van der Waals surface area contributed by atoms with Gasteiger partial charge in [0.2, 0.25) is 5.91 Å². The Morgan fingerprint density at radius 1 is 1.12 bits per heavy atom. The summed E-state index contributed by atoms with van der Waals surface area (Å²) in [4.78, 5) is 20.7. The number of benzene rings is 3. The second-order valence-corrected chi connectivity index (χ2v) is 8.92. The number of fused-ring (bicyclic) bond motifs is 5. The van der Waals surface area contributed by atoms with Crippen LogP contribution >= 0.6 is 11.6 Å². The van der Waals surface area contributed by atoms with Crippen LogP contribution in [0, 0.1) is 0 Å². The van der Waals surface area contributed by atoms with Crippen molar-refractivity contribution in [3.8, 4) is 11.4 Å². The molecule has 1 atom stereocenters. The largest absolute Gasteiger partial charge is 0.369 e. The molecular weight excluding hydrogens is 434 g/mol. The van der Waals surface area contributed by atoms with Gasteiger partial charge in [0.05, 0.1) is 36.9 Å². The Morgan fingerprint density at radius 3 is 2.73 bits per heavy atom. The highest BCUT2D eigenvalue weighted by atomic mass is 35.5. The number of nitrogens with two attached hydrogens (primary N) is 1. The summed E-state index contributed by atoms with van der Waals surface area (Å²) in [6, 6.07) is 21.4. The minimum absolute atomic E-state index is 0.0557. The summed E-state index contributed by atoms with van der Waals surface area (Å²) >= 11 is 6.37. The Bertz CT molecular complexity index is 1320. The van der Waals surface area contributed by atoms with E-state index >= 15 is 0 Å². The molecule has 0 fully saturated rings. The van der Waals surface area contributed by atoms with E-state index in [-0.39, 0.29) is 5.91 Å². The number of nitrogens with zero attached hydrogens (tertiary/aromatic N) is 3. The van der Waals surface area contributed by atoms with Crippen molar-refractivity contribution in [3.05, 3.63) is 77.3 Å². The third-order valence-electron chi connectivity index (χ3n) is 6.23. The minimum atomic E-state index is -0.450. The number of imidazole rings is 1. The maximum atomic E-state index is 13.5. The van der Waals surface area contributed by atoms with Crippen LogP contribution in [-0.4, -0.2) is 42.6 Å². The molecule has 168 valence electrons. The quantitative estimate of drug-likeness (QED) is 0.461. The summed E-state index contributed by atoms with van der Waals surface area (Å²) < 4.78 is 2.05. The summed E-state index contributed by atoms with van der Waals surface area (Å²) in [5, 5.41) is 5.94. The van der Waals surface area contributed by atoms with E-state index in [1.165, 1.54) is 0 Å². The summed E-state index contributed by atoms with van der Waals surface area (Å²) in [7, 11) is 4.15. The topological polar surface area (TPSA) is 66.8 Å². The van der Waals surface area contributed by atoms with Crippen LogP contribution in [0.3, 0.4) is 0 Å². The molecule has 1 aromatic heterocycles. The Hall–Kier alpha value is -3.35. The van der Waals surface area contributed by atoms with Gasteiger partial charge < -0.3 is 20.1 Å². The van der Waals surface area contributed by atoms with Crippen molar-refractivity contribution in [2.75, 3.05) is 37.4 Å². The van der Waals surface area contributed by atoms with Gasteiger partial charge in [0.25, 0.3) is 0 Å². The van der Waals surface area contributed by atoms with Crippen LogP contribution in [0.15, 0.2) is 66.7 Å². The maximum absolute atomic E-state index is 13.5. The molecule has 0 saturated heterocycles. The summed E-state index contributed by atoms with van der Waals surface area (Å²) in [6.07, 6.45) is 0.560. The van der Waals surface area contributed by atoms with Crippen molar-refractivity contribution in [2.24, 2.45) is 0 Å². The van der Waals surface area contributed by atoms with E-state index in [4.69, 9.17) is 16.6 Å². The smallest absolute Gasteiger partial charge is 0.247 e. The minimum Gasteiger partial charge on any atom is -0.369 e. The molecule has 2 heterocycles. The third kappa shape index (κ3) is 4.08. The average molecular weight is 461 g/mol. The van der Waals surface area contributed by atoms with E-state index in [0.29, 0.717) is 11.4 Å². The second kappa shape index (κ2) is 8.89. The lowest BCUT2D eigenvalue weighted by molar-refractivity contribution is -0.624. The molecule has 6 nitrogen and oxygen atoms in total. The first-order valence-corrected chi connectivity index (χ1v) is 11.6. The zero-order valence-corrected chi connectivity index (χ0v) is 19.5. The van der Waals surface area contributed by atoms with Gasteiger partial charge in [-0.1, -0.05) is 41.9 Å². The predicted molar refractivity (Wildman–Crippen MR) is 134 cm³/mol. The fraction of sp³-hybridized carbons (Fsp3) is 0.231. The number of carbonyl (C=O) groups excluding carboxylic acids is 1. The molecule has 0 bridgehead atoms. The number of amides is 1. The van der Waals surface area contributed by atoms with Crippen LogP contribution in [0.2, 0.25) is 5.02 Å². The molecule has 3 N–H and O–H groups in total. The normalized spacial score (nSPS) is 15.0. The zero-order valence-electron chi connectivity index (χ0n) is 18.8.